The number of hydrogen-bond acceptors (Lipinski definition) is 2. The van der Waals surface area contributed by atoms with Crippen molar-refractivity contribution in [1.82, 2.24) is 4.42 Å². The molecule has 0 radical (unpaired) electrons. The summed E-state index contributed by atoms with van der Waals surface area (Å²) in [7, 11) is 0. The molecule has 1 atom stereocenters. The zero-order chi connectivity index (χ0) is 13.6. The van der Waals surface area contributed by atoms with E-state index in [2.05, 4.69) is 15.9 Å². The highest BCUT2D eigenvalue weighted by atomic mass is 79.9. The van der Waals surface area contributed by atoms with Crippen LogP contribution in [0.4, 0.5) is 0 Å². The van der Waals surface area contributed by atoms with Gasteiger partial charge in [-0.05, 0) is 77.7 Å². The average Bonchev–Trinajstić information content (AvgIpc) is 3.07. The number of nitrogens with zero attached hydrogens (tertiary/aromatic N) is 1. The molecule has 0 amide bonds. The van der Waals surface area contributed by atoms with E-state index < -0.39 is 0 Å². The van der Waals surface area contributed by atoms with Crippen LogP contribution in [0.2, 0.25) is 0 Å². The predicted molar refractivity (Wildman–Crippen MR) is 80.8 cm³/mol. The van der Waals surface area contributed by atoms with E-state index in [-0.39, 0.29) is 5.24 Å². The molecule has 0 bridgehead atoms. The fraction of sp³-hybridized carbons (Fsp3) is 0.500. The number of carbonyl (C=O) groups excluding carboxylic acids is 1. The van der Waals surface area contributed by atoms with Crippen molar-refractivity contribution < 1.29 is 4.79 Å². The van der Waals surface area contributed by atoms with Crippen molar-refractivity contribution in [3.63, 3.8) is 0 Å². The Hall–Kier alpha value is -0.0900. The monoisotopic (exact) mass is 361 g/mol. The molecule has 1 aromatic carbocycles. The Labute approximate surface area is 131 Å². The molecule has 2 nitrogen and oxygen atoms in total. The van der Waals surface area contributed by atoms with Crippen molar-refractivity contribution in [2.75, 3.05) is 13.1 Å². The first kappa shape index (κ1) is 13.9. The normalized spacial score (nSPS) is 25.5. The van der Waals surface area contributed by atoms with Crippen molar-refractivity contribution in [2.45, 2.75) is 25.2 Å². The molecule has 0 aromatic heterocycles. The maximum atomic E-state index is 11.6. The number of rotatable bonds is 2. The summed E-state index contributed by atoms with van der Waals surface area (Å²) in [6.45, 7) is 1.85. The zero-order valence-corrected chi connectivity index (χ0v) is 13.4. The molecule has 1 aliphatic heterocycles. The van der Waals surface area contributed by atoms with Crippen molar-refractivity contribution in [3.05, 3.63) is 33.8 Å². The fourth-order valence-corrected chi connectivity index (χ4v) is 3.99. The van der Waals surface area contributed by atoms with Crippen LogP contribution < -0.4 is 0 Å². The average molecular weight is 363 g/mol. The van der Waals surface area contributed by atoms with Gasteiger partial charge in [-0.3, -0.25) is 4.79 Å². The largest absolute Gasteiger partial charge is 0.276 e. The molecular formula is C14H14BrCl2NO. The van der Waals surface area contributed by atoms with E-state index in [1.54, 1.807) is 0 Å². The van der Waals surface area contributed by atoms with Gasteiger partial charge in [0.2, 0.25) is 0 Å². The first-order valence-corrected chi connectivity index (χ1v) is 7.93. The summed E-state index contributed by atoms with van der Waals surface area (Å²) in [5.41, 5.74) is 2.09. The summed E-state index contributed by atoms with van der Waals surface area (Å²) in [5, 5.41) is -0.362. The Bertz CT molecular complexity index is 526. The molecular weight excluding hydrogens is 349 g/mol. The van der Waals surface area contributed by atoms with Crippen LogP contribution in [0.3, 0.4) is 0 Å². The zero-order valence-electron chi connectivity index (χ0n) is 10.3. The van der Waals surface area contributed by atoms with Gasteiger partial charge in [0.15, 0.2) is 0 Å². The van der Waals surface area contributed by atoms with Crippen LogP contribution in [0.15, 0.2) is 22.7 Å². The molecule has 0 N–H and O–H groups in total. The molecule has 102 valence electrons. The van der Waals surface area contributed by atoms with E-state index in [0.29, 0.717) is 16.9 Å². The maximum absolute atomic E-state index is 11.6. The highest BCUT2D eigenvalue weighted by molar-refractivity contribution is 9.10. The third-order valence-corrected chi connectivity index (χ3v) is 5.53. The molecule has 1 saturated carbocycles. The van der Waals surface area contributed by atoms with Crippen molar-refractivity contribution in [2.24, 2.45) is 5.41 Å². The molecule has 2 fully saturated rings. The first-order valence-electron chi connectivity index (χ1n) is 6.42. The number of piperidine rings is 1. The number of hydrogen-bond donors (Lipinski definition) is 0. The van der Waals surface area contributed by atoms with E-state index >= 15 is 0 Å². The van der Waals surface area contributed by atoms with Crippen LogP contribution in [0, 0.1) is 5.41 Å². The van der Waals surface area contributed by atoms with E-state index in [9.17, 15) is 4.79 Å². The van der Waals surface area contributed by atoms with Gasteiger partial charge < -0.3 is 0 Å². The van der Waals surface area contributed by atoms with Gasteiger partial charge in [-0.15, -0.1) is 0 Å². The third kappa shape index (κ3) is 2.58. The summed E-state index contributed by atoms with van der Waals surface area (Å²) in [5.74, 6) is 0.452. The van der Waals surface area contributed by atoms with Crippen LogP contribution in [0.1, 0.15) is 41.1 Å². The molecule has 3 rings (SSSR count). The quantitative estimate of drug-likeness (QED) is 0.568. The lowest BCUT2D eigenvalue weighted by atomic mass is 9.88. The summed E-state index contributed by atoms with van der Waals surface area (Å²) < 4.78 is 2.86. The van der Waals surface area contributed by atoms with E-state index in [0.717, 1.165) is 42.4 Å². The standard InChI is InChI=1S/C14H14BrCl2NO/c15-9-1-2-10(13(16)19)11(7-9)12-8-14(12)3-5-18(17)6-4-14/h1-2,7,12H,3-6,8H2. The Morgan fingerprint density at radius 2 is 2.05 bits per heavy atom. The van der Waals surface area contributed by atoms with Gasteiger partial charge in [0.05, 0.1) is 0 Å². The topological polar surface area (TPSA) is 20.3 Å². The molecule has 1 spiro atoms. The Balaban J connectivity index is 1.88. The smallest absolute Gasteiger partial charge is 0.252 e. The Morgan fingerprint density at radius 3 is 2.68 bits per heavy atom. The Morgan fingerprint density at radius 1 is 1.37 bits per heavy atom. The van der Waals surface area contributed by atoms with E-state index in [1.807, 2.05) is 22.6 Å². The van der Waals surface area contributed by atoms with Gasteiger partial charge >= 0.3 is 0 Å². The van der Waals surface area contributed by atoms with Crippen LogP contribution in [-0.4, -0.2) is 22.8 Å². The van der Waals surface area contributed by atoms with Gasteiger partial charge in [-0.1, -0.05) is 15.9 Å². The van der Waals surface area contributed by atoms with Crippen molar-refractivity contribution in [1.29, 1.82) is 0 Å². The minimum absolute atomic E-state index is 0.341. The number of benzene rings is 1. The summed E-state index contributed by atoms with van der Waals surface area (Å²) in [6, 6.07) is 5.73. The van der Waals surface area contributed by atoms with Gasteiger partial charge in [0.25, 0.3) is 5.24 Å². The lowest BCUT2D eigenvalue weighted by molar-refractivity contribution is 0.108. The van der Waals surface area contributed by atoms with Gasteiger partial charge in [-0.2, -0.15) is 0 Å². The van der Waals surface area contributed by atoms with Crippen molar-refractivity contribution in [3.8, 4) is 0 Å². The van der Waals surface area contributed by atoms with Gasteiger partial charge in [-0.25, -0.2) is 4.42 Å². The molecule has 5 heteroatoms. The summed E-state index contributed by atoms with van der Waals surface area (Å²) >= 11 is 15.2. The molecule has 1 aliphatic carbocycles. The molecule has 19 heavy (non-hydrogen) atoms. The third-order valence-electron chi connectivity index (χ3n) is 4.50. The first-order chi connectivity index (χ1) is 9.02. The fourth-order valence-electron chi connectivity index (χ4n) is 3.27. The van der Waals surface area contributed by atoms with E-state index in [1.165, 1.54) is 0 Å². The van der Waals surface area contributed by atoms with E-state index in [4.69, 9.17) is 23.4 Å². The minimum atomic E-state index is -0.362. The summed E-state index contributed by atoms with van der Waals surface area (Å²) in [6.07, 6.45) is 3.35. The molecule has 1 aromatic rings. The van der Waals surface area contributed by atoms with Crippen LogP contribution in [0.25, 0.3) is 0 Å². The van der Waals surface area contributed by atoms with Gasteiger partial charge in [0, 0.05) is 23.1 Å². The summed E-state index contributed by atoms with van der Waals surface area (Å²) in [4.78, 5) is 11.6. The molecule has 1 saturated heterocycles. The maximum Gasteiger partial charge on any atom is 0.252 e. The second kappa shape index (κ2) is 5.03. The van der Waals surface area contributed by atoms with Crippen LogP contribution in [0.5, 0.6) is 0 Å². The molecule has 1 heterocycles. The highest BCUT2D eigenvalue weighted by Gasteiger charge is 2.56. The lowest BCUT2D eigenvalue weighted by Gasteiger charge is -2.28. The number of carbonyl (C=O) groups is 1. The second-order valence-electron chi connectivity index (χ2n) is 5.53. The Kier molecular flexibility index (Phi) is 3.67. The minimum Gasteiger partial charge on any atom is -0.276 e. The van der Waals surface area contributed by atoms with Crippen molar-refractivity contribution >= 4 is 44.5 Å². The van der Waals surface area contributed by atoms with Crippen LogP contribution >= 0.6 is 39.3 Å². The lowest BCUT2D eigenvalue weighted by Crippen LogP contribution is -2.28. The predicted octanol–water partition coefficient (Wildman–Crippen LogP) is 4.55. The highest BCUT2D eigenvalue weighted by Crippen LogP contribution is 2.65. The van der Waals surface area contributed by atoms with Gasteiger partial charge in [0.1, 0.15) is 0 Å². The molecule has 1 unspecified atom stereocenters. The SMILES string of the molecule is O=C(Cl)c1ccc(Br)cc1C1CC12CCN(Cl)CC2. The molecule has 2 aliphatic rings. The van der Waals surface area contributed by atoms with Crippen LogP contribution in [-0.2, 0) is 0 Å². The number of halogens is 3. The second-order valence-corrected chi connectivity index (χ2v) is 7.27.